The minimum Gasteiger partial charge on any atom is -0.481 e. The Kier molecular flexibility index (Phi) is 4.89. The first kappa shape index (κ1) is 15.1. The van der Waals surface area contributed by atoms with Crippen LogP contribution in [0, 0.1) is 11.8 Å². The van der Waals surface area contributed by atoms with Crippen LogP contribution >= 0.6 is 0 Å². The molecule has 114 valence electrons. The normalized spacial score (nSPS) is 28.2. The van der Waals surface area contributed by atoms with Crippen molar-refractivity contribution in [3.05, 3.63) is 0 Å². The number of urea groups is 1. The van der Waals surface area contributed by atoms with Gasteiger partial charge >= 0.3 is 12.0 Å². The van der Waals surface area contributed by atoms with Crippen LogP contribution in [0.25, 0.3) is 0 Å². The second-order valence-corrected chi connectivity index (χ2v) is 6.31. The smallest absolute Gasteiger partial charge is 0.315 e. The van der Waals surface area contributed by atoms with Gasteiger partial charge in [-0.1, -0.05) is 19.8 Å². The van der Waals surface area contributed by atoms with Gasteiger partial charge in [-0.15, -0.1) is 0 Å². The maximum absolute atomic E-state index is 12.0. The highest BCUT2D eigenvalue weighted by Crippen LogP contribution is 2.34. The van der Waals surface area contributed by atoms with E-state index in [4.69, 9.17) is 0 Å². The molecule has 2 unspecified atom stereocenters. The van der Waals surface area contributed by atoms with Crippen molar-refractivity contribution in [2.24, 2.45) is 11.8 Å². The summed E-state index contributed by atoms with van der Waals surface area (Å²) in [6.07, 6.45) is 7.93. The van der Waals surface area contributed by atoms with Gasteiger partial charge in [0.15, 0.2) is 0 Å². The Labute approximate surface area is 120 Å². The highest BCUT2D eigenvalue weighted by atomic mass is 16.4. The van der Waals surface area contributed by atoms with Crippen molar-refractivity contribution in [1.82, 2.24) is 10.6 Å². The van der Waals surface area contributed by atoms with Gasteiger partial charge in [0, 0.05) is 12.1 Å². The number of carboxylic acids is 1. The minimum atomic E-state index is -0.721. The molecular formula is C15H26N2O3. The highest BCUT2D eigenvalue weighted by molar-refractivity contribution is 5.75. The number of hydrogen-bond acceptors (Lipinski definition) is 2. The molecule has 2 amide bonds. The highest BCUT2D eigenvalue weighted by Gasteiger charge is 2.37. The molecule has 0 spiro atoms. The summed E-state index contributed by atoms with van der Waals surface area (Å²) >= 11 is 0. The molecule has 2 rings (SSSR count). The largest absolute Gasteiger partial charge is 0.481 e. The molecular weight excluding hydrogens is 256 g/mol. The molecule has 2 aliphatic carbocycles. The van der Waals surface area contributed by atoms with Crippen LogP contribution in [0.5, 0.6) is 0 Å². The molecule has 0 bridgehead atoms. The third-order valence-corrected chi connectivity index (χ3v) is 5.12. The van der Waals surface area contributed by atoms with E-state index in [2.05, 4.69) is 17.6 Å². The van der Waals surface area contributed by atoms with Crippen LogP contribution in [0.3, 0.4) is 0 Å². The zero-order valence-electron chi connectivity index (χ0n) is 12.3. The molecule has 2 atom stereocenters. The van der Waals surface area contributed by atoms with Crippen molar-refractivity contribution in [2.75, 3.05) is 6.54 Å². The first-order valence-corrected chi connectivity index (χ1v) is 7.85. The van der Waals surface area contributed by atoms with E-state index in [1.165, 1.54) is 6.42 Å². The summed E-state index contributed by atoms with van der Waals surface area (Å²) in [4.78, 5) is 23.2. The Hall–Kier alpha value is -1.26. The summed E-state index contributed by atoms with van der Waals surface area (Å²) in [5.74, 6) is -0.945. The number of hydrogen-bond donors (Lipinski definition) is 3. The minimum absolute atomic E-state index is 0.0111. The Bertz CT molecular complexity index is 361. The van der Waals surface area contributed by atoms with E-state index < -0.39 is 5.97 Å². The number of amides is 2. The number of aliphatic carboxylic acids is 1. The van der Waals surface area contributed by atoms with E-state index in [0.29, 0.717) is 6.54 Å². The van der Waals surface area contributed by atoms with Gasteiger partial charge in [-0.2, -0.15) is 0 Å². The SMILES string of the molecule is CCC1(NC(=O)NCC2CCCCC2C(=O)O)CCC1. The van der Waals surface area contributed by atoms with E-state index in [1.54, 1.807) is 0 Å². The number of carbonyl (C=O) groups is 2. The Morgan fingerprint density at radius 2 is 1.90 bits per heavy atom. The summed E-state index contributed by atoms with van der Waals surface area (Å²) in [6.45, 7) is 2.57. The second kappa shape index (κ2) is 6.46. The fourth-order valence-electron chi connectivity index (χ4n) is 3.46. The van der Waals surface area contributed by atoms with Gasteiger partial charge in [-0.25, -0.2) is 4.79 Å². The number of nitrogens with one attached hydrogen (secondary N) is 2. The third kappa shape index (κ3) is 3.44. The predicted molar refractivity (Wildman–Crippen MR) is 76.5 cm³/mol. The standard InChI is InChI=1S/C15H26N2O3/c1-2-15(8-5-9-15)17-14(20)16-10-11-6-3-4-7-12(11)13(18)19/h11-12H,2-10H2,1H3,(H,18,19)(H2,16,17,20). The molecule has 0 heterocycles. The van der Waals surface area contributed by atoms with Gasteiger partial charge in [-0.05, 0) is 44.4 Å². The van der Waals surface area contributed by atoms with Crippen molar-refractivity contribution in [3.63, 3.8) is 0 Å². The fraction of sp³-hybridized carbons (Fsp3) is 0.867. The molecule has 0 aromatic heterocycles. The molecule has 3 N–H and O–H groups in total. The monoisotopic (exact) mass is 282 g/mol. The van der Waals surface area contributed by atoms with Crippen LogP contribution in [0.2, 0.25) is 0 Å². The van der Waals surface area contributed by atoms with Crippen LogP contribution in [0.15, 0.2) is 0 Å². The van der Waals surface area contributed by atoms with Crippen molar-refractivity contribution >= 4 is 12.0 Å². The lowest BCUT2D eigenvalue weighted by Gasteiger charge is -2.42. The Morgan fingerprint density at radius 3 is 2.45 bits per heavy atom. The lowest BCUT2D eigenvalue weighted by Crippen LogP contribution is -2.56. The molecule has 0 aromatic carbocycles. The Balaban J connectivity index is 1.78. The fourth-order valence-corrected chi connectivity index (χ4v) is 3.46. The molecule has 2 aliphatic rings. The second-order valence-electron chi connectivity index (χ2n) is 6.31. The first-order chi connectivity index (χ1) is 9.56. The molecule has 0 aliphatic heterocycles. The topological polar surface area (TPSA) is 78.4 Å². The zero-order chi connectivity index (χ0) is 14.6. The molecule has 2 fully saturated rings. The Morgan fingerprint density at radius 1 is 1.20 bits per heavy atom. The van der Waals surface area contributed by atoms with E-state index in [-0.39, 0.29) is 23.4 Å². The van der Waals surface area contributed by atoms with Crippen molar-refractivity contribution < 1.29 is 14.7 Å². The van der Waals surface area contributed by atoms with E-state index >= 15 is 0 Å². The maximum atomic E-state index is 12.0. The van der Waals surface area contributed by atoms with Crippen LogP contribution in [0.4, 0.5) is 4.79 Å². The third-order valence-electron chi connectivity index (χ3n) is 5.12. The molecule has 5 heteroatoms. The molecule has 0 aromatic rings. The van der Waals surface area contributed by atoms with Gasteiger partial charge in [0.25, 0.3) is 0 Å². The average molecular weight is 282 g/mol. The van der Waals surface area contributed by atoms with E-state index in [9.17, 15) is 14.7 Å². The van der Waals surface area contributed by atoms with Gasteiger partial charge in [0.05, 0.1) is 5.92 Å². The van der Waals surface area contributed by atoms with E-state index in [1.807, 2.05) is 0 Å². The number of carbonyl (C=O) groups excluding carboxylic acids is 1. The van der Waals surface area contributed by atoms with Gasteiger partial charge in [0.1, 0.15) is 0 Å². The predicted octanol–water partition coefficient (Wildman–Crippen LogP) is 2.51. The van der Waals surface area contributed by atoms with Crippen molar-refractivity contribution in [1.29, 1.82) is 0 Å². The van der Waals surface area contributed by atoms with Crippen LogP contribution < -0.4 is 10.6 Å². The summed E-state index contributed by atoms with van der Waals surface area (Å²) < 4.78 is 0. The molecule has 5 nitrogen and oxygen atoms in total. The lowest BCUT2D eigenvalue weighted by molar-refractivity contribution is -0.144. The number of carboxylic acid groups (broad SMARTS) is 1. The van der Waals surface area contributed by atoms with Crippen molar-refractivity contribution in [3.8, 4) is 0 Å². The quantitative estimate of drug-likeness (QED) is 0.725. The van der Waals surface area contributed by atoms with Crippen LogP contribution in [0.1, 0.15) is 58.3 Å². The lowest BCUT2D eigenvalue weighted by atomic mass is 9.75. The van der Waals surface area contributed by atoms with Crippen molar-refractivity contribution in [2.45, 2.75) is 63.8 Å². The van der Waals surface area contributed by atoms with Gasteiger partial charge < -0.3 is 15.7 Å². The van der Waals surface area contributed by atoms with Crippen LogP contribution in [-0.4, -0.2) is 29.2 Å². The summed E-state index contributed by atoms with van der Waals surface area (Å²) in [5, 5.41) is 15.2. The first-order valence-electron chi connectivity index (χ1n) is 7.85. The zero-order valence-corrected chi connectivity index (χ0v) is 12.3. The maximum Gasteiger partial charge on any atom is 0.315 e. The molecule has 0 radical (unpaired) electrons. The average Bonchev–Trinajstić information content (AvgIpc) is 2.41. The van der Waals surface area contributed by atoms with Gasteiger partial charge in [0.2, 0.25) is 0 Å². The van der Waals surface area contributed by atoms with Gasteiger partial charge in [-0.3, -0.25) is 4.79 Å². The van der Waals surface area contributed by atoms with E-state index in [0.717, 1.165) is 44.9 Å². The summed E-state index contributed by atoms with van der Waals surface area (Å²) in [5.41, 5.74) is -0.0111. The summed E-state index contributed by atoms with van der Waals surface area (Å²) in [6, 6.07) is -0.138. The number of rotatable bonds is 5. The molecule has 2 saturated carbocycles. The summed E-state index contributed by atoms with van der Waals surface area (Å²) in [7, 11) is 0. The molecule has 20 heavy (non-hydrogen) atoms. The molecule has 0 saturated heterocycles. The van der Waals surface area contributed by atoms with Crippen LogP contribution in [-0.2, 0) is 4.79 Å².